The normalized spacial score (nSPS) is 21.0. The summed E-state index contributed by atoms with van der Waals surface area (Å²) in [4.78, 5) is 15.6. The van der Waals surface area contributed by atoms with E-state index in [2.05, 4.69) is 15.6 Å². The van der Waals surface area contributed by atoms with Crippen molar-refractivity contribution in [2.24, 2.45) is 4.99 Å². The van der Waals surface area contributed by atoms with Crippen LogP contribution in [-0.2, 0) is 10.9 Å². The Balaban J connectivity index is 2.11. The Bertz CT molecular complexity index is 570. The second kappa shape index (κ2) is 6.25. The maximum Gasteiger partial charge on any atom is 0.416 e. The molecule has 0 aromatic heterocycles. The van der Waals surface area contributed by atoms with Crippen LogP contribution in [0.1, 0.15) is 31.0 Å². The first-order valence-corrected chi connectivity index (χ1v) is 6.76. The number of guanidine groups is 1. The first-order chi connectivity index (χ1) is 10.3. The maximum atomic E-state index is 12.6. The van der Waals surface area contributed by atoms with Crippen LogP contribution in [0.25, 0.3) is 0 Å². The molecule has 1 aliphatic rings. The molecule has 0 radical (unpaired) electrons. The quantitative estimate of drug-likeness (QED) is 0.882. The molecular formula is C14H16F3N3O2. The summed E-state index contributed by atoms with van der Waals surface area (Å²) in [6.45, 7) is 3.74. The number of ether oxygens (including phenoxy) is 1. The van der Waals surface area contributed by atoms with E-state index in [1.54, 1.807) is 6.92 Å². The summed E-state index contributed by atoms with van der Waals surface area (Å²) in [5.41, 5.74) is -0.0719. The van der Waals surface area contributed by atoms with Crippen molar-refractivity contribution in [3.8, 4) is 0 Å². The van der Waals surface area contributed by atoms with Crippen LogP contribution in [0.3, 0.4) is 0 Å². The van der Waals surface area contributed by atoms with Crippen molar-refractivity contribution >= 4 is 12.1 Å². The Morgan fingerprint density at radius 3 is 2.55 bits per heavy atom. The van der Waals surface area contributed by atoms with Crippen molar-refractivity contribution in [2.75, 3.05) is 6.61 Å². The average molecular weight is 315 g/mol. The van der Waals surface area contributed by atoms with Crippen LogP contribution in [-0.4, -0.2) is 24.7 Å². The summed E-state index contributed by atoms with van der Waals surface area (Å²) in [5.74, 6) is 0.246. The van der Waals surface area contributed by atoms with Gasteiger partial charge in [0.2, 0.25) is 5.96 Å². The van der Waals surface area contributed by atoms with Crippen LogP contribution in [0.2, 0.25) is 0 Å². The van der Waals surface area contributed by atoms with Gasteiger partial charge in [0.25, 0.3) is 0 Å². The molecule has 8 heteroatoms. The van der Waals surface area contributed by atoms with E-state index < -0.39 is 17.8 Å². The van der Waals surface area contributed by atoms with Crippen molar-refractivity contribution in [1.29, 1.82) is 0 Å². The van der Waals surface area contributed by atoms with Gasteiger partial charge in [-0.05, 0) is 31.5 Å². The van der Waals surface area contributed by atoms with Crippen LogP contribution in [0.15, 0.2) is 29.3 Å². The number of alkyl halides is 3. The van der Waals surface area contributed by atoms with Gasteiger partial charge in [0.15, 0.2) is 0 Å². The fourth-order valence-corrected chi connectivity index (χ4v) is 2.15. The third-order valence-electron chi connectivity index (χ3n) is 3.18. The number of aliphatic imine (C=N–C) groups is 1. The number of nitrogens with one attached hydrogen (secondary N) is 2. The molecule has 1 amide bonds. The molecule has 0 saturated carbocycles. The molecule has 2 rings (SSSR count). The number of nitrogens with zero attached hydrogens (tertiary/aromatic N) is 1. The van der Waals surface area contributed by atoms with Gasteiger partial charge in [0.05, 0.1) is 24.3 Å². The topological polar surface area (TPSA) is 62.7 Å². The highest BCUT2D eigenvalue weighted by molar-refractivity contribution is 5.95. The third-order valence-corrected chi connectivity index (χ3v) is 3.18. The zero-order valence-corrected chi connectivity index (χ0v) is 12.1. The average Bonchev–Trinajstić information content (AvgIpc) is 2.79. The molecule has 22 heavy (non-hydrogen) atoms. The Morgan fingerprint density at radius 1 is 1.36 bits per heavy atom. The van der Waals surface area contributed by atoms with E-state index in [0.717, 1.165) is 12.1 Å². The molecule has 1 aromatic rings. The van der Waals surface area contributed by atoms with Gasteiger partial charge in [-0.25, -0.2) is 9.79 Å². The number of carbonyl (C=O) groups excluding carboxylic acids is 1. The van der Waals surface area contributed by atoms with E-state index in [1.807, 2.05) is 6.92 Å². The molecule has 2 unspecified atom stereocenters. The van der Waals surface area contributed by atoms with Gasteiger partial charge in [-0.15, -0.1) is 0 Å². The summed E-state index contributed by atoms with van der Waals surface area (Å²) >= 11 is 0. The van der Waals surface area contributed by atoms with E-state index in [0.29, 0.717) is 5.56 Å². The fraction of sp³-hybridized carbons (Fsp3) is 0.429. The standard InChI is InChI=1S/C14H16F3N3O2/c1-3-22-13(21)20-12-18-8(2)11(19-12)9-4-6-10(7-5-9)14(15,16)17/h4-8,11H,3H2,1-2H3,(H2,18,19,20,21). The first-order valence-electron chi connectivity index (χ1n) is 6.76. The summed E-state index contributed by atoms with van der Waals surface area (Å²) < 4.78 is 42.4. The third kappa shape index (κ3) is 3.69. The van der Waals surface area contributed by atoms with Crippen molar-refractivity contribution in [3.05, 3.63) is 35.4 Å². The fourth-order valence-electron chi connectivity index (χ4n) is 2.15. The maximum absolute atomic E-state index is 12.6. The van der Waals surface area contributed by atoms with E-state index in [4.69, 9.17) is 4.74 Å². The summed E-state index contributed by atoms with van der Waals surface area (Å²) in [5, 5.41) is 5.40. The van der Waals surface area contributed by atoms with Crippen LogP contribution in [0.4, 0.5) is 18.0 Å². The molecule has 2 N–H and O–H groups in total. The Labute approximate surface area is 125 Å². The summed E-state index contributed by atoms with van der Waals surface area (Å²) in [6, 6.07) is 4.29. The van der Waals surface area contributed by atoms with E-state index in [-0.39, 0.29) is 24.7 Å². The predicted molar refractivity (Wildman–Crippen MR) is 74.4 cm³/mol. The Morgan fingerprint density at radius 2 is 2.00 bits per heavy atom. The molecule has 5 nitrogen and oxygen atoms in total. The van der Waals surface area contributed by atoms with Crippen molar-refractivity contribution in [3.63, 3.8) is 0 Å². The molecule has 120 valence electrons. The number of hydrogen-bond donors (Lipinski definition) is 2. The molecule has 0 spiro atoms. The minimum Gasteiger partial charge on any atom is -0.450 e. The molecule has 2 atom stereocenters. The van der Waals surface area contributed by atoms with Gasteiger partial charge < -0.3 is 10.1 Å². The van der Waals surface area contributed by atoms with E-state index in [9.17, 15) is 18.0 Å². The lowest BCUT2D eigenvalue weighted by Crippen LogP contribution is -2.41. The number of hydrogen-bond acceptors (Lipinski definition) is 4. The second-order valence-electron chi connectivity index (χ2n) is 4.82. The molecule has 1 aliphatic heterocycles. The summed E-state index contributed by atoms with van der Waals surface area (Å²) in [7, 11) is 0. The molecule has 0 bridgehead atoms. The highest BCUT2D eigenvalue weighted by atomic mass is 19.4. The number of rotatable bonds is 2. The van der Waals surface area contributed by atoms with Crippen LogP contribution >= 0.6 is 0 Å². The van der Waals surface area contributed by atoms with Gasteiger partial charge >= 0.3 is 12.3 Å². The minimum atomic E-state index is -4.36. The lowest BCUT2D eigenvalue weighted by Gasteiger charge is -2.14. The highest BCUT2D eigenvalue weighted by Crippen LogP contribution is 2.31. The predicted octanol–water partition coefficient (Wildman–Crippen LogP) is 2.84. The molecule has 0 aliphatic carbocycles. The lowest BCUT2D eigenvalue weighted by atomic mass is 10.0. The molecular weight excluding hydrogens is 299 g/mol. The highest BCUT2D eigenvalue weighted by Gasteiger charge is 2.32. The SMILES string of the molecule is CCOC(=O)NC1=NC(c2ccc(C(F)(F)F)cc2)C(C)N1. The van der Waals surface area contributed by atoms with E-state index >= 15 is 0 Å². The summed E-state index contributed by atoms with van der Waals surface area (Å²) in [6.07, 6.45) is -4.99. The van der Waals surface area contributed by atoms with Crippen LogP contribution in [0, 0.1) is 0 Å². The number of alkyl carbamates (subject to hydrolysis) is 1. The zero-order chi connectivity index (χ0) is 16.3. The van der Waals surface area contributed by atoms with Crippen molar-refractivity contribution in [1.82, 2.24) is 10.6 Å². The van der Waals surface area contributed by atoms with Crippen molar-refractivity contribution < 1.29 is 22.7 Å². The van der Waals surface area contributed by atoms with Gasteiger partial charge in [-0.2, -0.15) is 13.2 Å². The van der Waals surface area contributed by atoms with Crippen LogP contribution < -0.4 is 10.6 Å². The molecule has 0 fully saturated rings. The molecule has 1 heterocycles. The number of amides is 1. The smallest absolute Gasteiger partial charge is 0.416 e. The van der Waals surface area contributed by atoms with Gasteiger partial charge in [-0.1, -0.05) is 12.1 Å². The lowest BCUT2D eigenvalue weighted by molar-refractivity contribution is -0.137. The molecule has 0 saturated heterocycles. The Hall–Kier alpha value is -2.25. The zero-order valence-electron chi connectivity index (χ0n) is 12.1. The number of halogens is 3. The number of benzene rings is 1. The monoisotopic (exact) mass is 315 g/mol. The van der Waals surface area contributed by atoms with Gasteiger partial charge in [0.1, 0.15) is 0 Å². The van der Waals surface area contributed by atoms with Crippen molar-refractivity contribution in [2.45, 2.75) is 32.1 Å². The van der Waals surface area contributed by atoms with Crippen LogP contribution in [0.5, 0.6) is 0 Å². The van der Waals surface area contributed by atoms with Gasteiger partial charge in [0, 0.05) is 0 Å². The van der Waals surface area contributed by atoms with E-state index in [1.165, 1.54) is 12.1 Å². The second-order valence-corrected chi connectivity index (χ2v) is 4.82. The van der Waals surface area contributed by atoms with Gasteiger partial charge in [-0.3, -0.25) is 5.32 Å². The minimum absolute atomic E-state index is 0.159. The molecule has 1 aromatic carbocycles. The largest absolute Gasteiger partial charge is 0.450 e. The first kappa shape index (κ1) is 16.1. The number of carbonyl (C=O) groups is 1. The Kier molecular flexibility index (Phi) is 4.58.